The lowest BCUT2D eigenvalue weighted by Gasteiger charge is -1.97. The minimum atomic E-state index is 0.847. The zero-order valence-corrected chi connectivity index (χ0v) is 6.91. The van der Waals surface area contributed by atoms with E-state index >= 15 is 0 Å². The van der Waals surface area contributed by atoms with Crippen LogP contribution < -0.4 is 0 Å². The first kappa shape index (κ1) is 8.44. The van der Waals surface area contributed by atoms with Gasteiger partial charge in [-0.25, -0.2) is 0 Å². The summed E-state index contributed by atoms with van der Waals surface area (Å²) in [7, 11) is 0. The molecule has 0 atom stereocenters. The third-order valence-corrected chi connectivity index (χ3v) is 1.19. The third kappa shape index (κ3) is 6.44. The molecule has 0 fully saturated rings. The van der Waals surface area contributed by atoms with E-state index in [0.29, 0.717) is 0 Å². The van der Waals surface area contributed by atoms with Gasteiger partial charge in [-0.1, -0.05) is 29.3 Å². The third-order valence-electron chi connectivity index (χ3n) is 0.864. The number of ether oxygens (including phenoxy) is 1. The van der Waals surface area contributed by atoms with Crippen LogP contribution >= 0.6 is 15.9 Å². The summed E-state index contributed by atoms with van der Waals surface area (Å²) in [5.41, 5.74) is 0. The van der Waals surface area contributed by atoms with Crippen LogP contribution in [0.25, 0.3) is 0 Å². The van der Waals surface area contributed by atoms with Crippen molar-refractivity contribution >= 4 is 15.9 Å². The van der Waals surface area contributed by atoms with Crippen LogP contribution in [0.1, 0.15) is 19.8 Å². The Bertz CT molecular complexity index is 33.5. The molecule has 0 amide bonds. The monoisotopic (exact) mass is 180 g/mol. The second kappa shape index (κ2) is 7.44. The highest BCUT2D eigenvalue weighted by Crippen LogP contribution is 1.88. The topological polar surface area (TPSA) is 9.23 Å². The van der Waals surface area contributed by atoms with Gasteiger partial charge in [0.15, 0.2) is 0 Å². The van der Waals surface area contributed by atoms with Crippen LogP contribution in [-0.2, 0) is 4.74 Å². The molecular weight excluding hydrogens is 168 g/mol. The molecule has 1 nitrogen and oxygen atoms in total. The molecule has 0 aliphatic rings. The number of alkyl halides is 1. The fraction of sp³-hybridized carbons (Fsp3) is 1.00. The van der Waals surface area contributed by atoms with Crippen molar-refractivity contribution in [2.75, 3.05) is 18.5 Å². The van der Waals surface area contributed by atoms with Gasteiger partial charge >= 0.3 is 0 Å². The average Bonchev–Trinajstić information content (AvgIpc) is 1.81. The van der Waals surface area contributed by atoms with E-state index in [9.17, 15) is 0 Å². The fourth-order valence-electron chi connectivity index (χ4n) is 0.403. The van der Waals surface area contributed by atoms with E-state index < -0.39 is 0 Å². The SMILES string of the molecule is CCCCOCCBr. The Balaban J connectivity index is 2.53. The van der Waals surface area contributed by atoms with E-state index in [1.165, 1.54) is 12.8 Å². The van der Waals surface area contributed by atoms with E-state index in [4.69, 9.17) is 4.74 Å². The van der Waals surface area contributed by atoms with Gasteiger partial charge in [0.2, 0.25) is 0 Å². The molecule has 0 aromatic heterocycles. The Morgan fingerprint density at radius 2 is 2.12 bits per heavy atom. The van der Waals surface area contributed by atoms with E-state index in [0.717, 1.165) is 18.5 Å². The van der Waals surface area contributed by atoms with Gasteiger partial charge in [0, 0.05) is 11.9 Å². The van der Waals surface area contributed by atoms with Crippen LogP contribution in [0.4, 0.5) is 0 Å². The maximum absolute atomic E-state index is 5.18. The molecule has 0 bridgehead atoms. The highest BCUT2D eigenvalue weighted by molar-refractivity contribution is 9.09. The molecule has 0 aliphatic carbocycles. The van der Waals surface area contributed by atoms with Crippen molar-refractivity contribution < 1.29 is 4.74 Å². The predicted molar refractivity (Wildman–Crippen MR) is 39.5 cm³/mol. The summed E-state index contributed by atoms with van der Waals surface area (Å²) >= 11 is 3.28. The maximum atomic E-state index is 5.18. The molecule has 0 N–H and O–H groups in total. The molecule has 50 valence electrons. The van der Waals surface area contributed by atoms with Crippen LogP contribution in [0.15, 0.2) is 0 Å². The number of hydrogen-bond acceptors (Lipinski definition) is 1. The maximum Gasteiger partial charge on any atom is 0.0563 e. The van der Waals surface area contributed by atoms with Crippen molar-refractivity contribution in [2.45, 2.75) is 19.8 Å². The molecule has 0 aliphatic heterocycles. The fourth-order valence-corrected chi connectivity index (χ4v) is 0.632. The molecule has 0 unspecified atom stereocenters. The van der Waals surface area contributed by atoms with Gasteiger partial charge in [-0.05, 0) is 6.42 Å². The smallest absolute Gasteiger partial charge is 0.0563 e. The summed E-state index contributed by atoms with van der Waals surface area (Å²) in [4.78, 5) is 0. The minimum absolute atomic E-state index is 0.847. The van der Waals surface area contributed by atoms with Gasteiger partial charge in [-0.15, -0.1) is 0 Å². The Morgan fingerprint density at radius 3 is 2.62 bits per heavy atom. The molecule has 0 aromatic rings. The normalized spacial score (nSPS) is 9.75. The zero-order valence-electron chi connectivity index (χ0n) is 5.32. The second-order valence-corrected chi connectivity index (χ2v) is 2.45. The van der Waals surface area contributed by atoms with Gasteiger partial charge in [-0.2, -0.15) is 0 Å². The van der Waals surface area contributed by atoms with E-state index in [-0.39, 0.29) is 0 Å². The lowest BCUT2D eigenvalue weighted by molar-refractivity contribution is 0.147. The van der Waals surface area contributed by atoms with Gasteiger partial charge in [0.1, 0.15) is 0 Å². The highest BCUT2D eigenvalue weighted by atomic mass is 79.9. The molecule has 0 heterocycles. The van der Waals surface area contributed by atoms with Crippen LogP contribution in [-0.4, -0.2) is 18.5 Å². The summed E-state index contributed by atoms with van der Waals surface area (Å²) < 4.78 is 5.18. The van der Waals surface area contributed by atoms with Crippen molar-refractivity contribution in [1.29, 1.82) is 0 Å². The molecule has 8 heavy (non-hydrogen) atoms. The van der Waals surface area contributed by atoms with Crippen molar-refractivity contribution in [2.24, 2.45) is 0 Å². The molecule has 2 heteroatoms. The predicted octanol–water partition coefficient (Wildman–Crippen LogP) is 2.20. The van der Waals surface area contributed by atoms with Gasteiger partial charge in [0.25, 0.3) is 0 Å². The molecule has 0 saturated carbocycles. The van der Waals surface area contributed by atoms with E-state index in [1.807, 2.05) is 0 Å². The Hall–Kier alpha value is 0.440. The average molecular weight is 181 g/mol. The summed E-state index contributed by atoms with van der Waals surface area (Å²) in [5.74, 6) is 0. The Labute approximate surface area is 59.5 Å². The van der Waals surface area contributed by atoms with Crippen molar-refractivity contribution in [3.63, 3.8) is 0 Å². The van der Waals surface area contributed by atoms with Crippen LogP contribution in [0.2, 0.25) is 0 Å². The number of rotatable bonds is 5. The molecule has 0 rings (SSSR count). The molecule has 0 radical (unpaired) electrons. The highest BCUT2D eigenvalue weighted by Gasteiger charge is 1.82. The van der Waals surface area contributed by atoms with E-state index in [2.05, 4.69) is 22.9 Å². The summed E-state index contributed by atoms with van der Waals surface area (Å²) in [6.07, 6.45) is 2.41. The standard InChI is InChI=1S/C6H13BrO/c1-2-3-5-8-6-4-7/h2-6H2,1H3. The summed E-state index contributed by atoms with van der Waals surface area (Å²) in [5, 5.41) is 0.955. The Kier molecular flexibility index (Phi) is 7.85. The second-order valence-electron chi connectivity index (χ2n) is 1.65. The van der Waals surface area contributed by atoms with E-state index in [1.54, 1.807) is 0 Å². The van der Waals surface area contributed by atoms with Gasteiger partial charge < -0.3 is 4.74 Å². The van der Waals surface area contributed by atoms with Gasteiger partial charge in [0.05, 0.1) is 6.61 Å². The van der Waals surface area contributed by atoms with Crippen molar-refractivity contribution in [3.05, 3.63) is 0 Å². The first-order valence-corrected chi connectivity index (χ1v) is 4.17. The summed E-state index contributed by atoms with van der Waals surface area (Å²) in [6, 6.07) is 0. The lowest BCUT2D eigenvalue weighted by Crippen LogP contribution is -1.96. The van der Waals surface area contributed by atoms with Crippen LogP contribution in [0.3, 0.4) is 0 Å². The Morgan fingerprint density at radius 1 is 1.38 bits per heavy atom. The van der Waals surface area contributed by atoms with Crippen LogP contribution in [0.5, 0.6) is 0 Å². The lowest BCUT2D eigenvalue weighted by atomic mass is 10.4. The molecule has 0 saturated heterocycles. The first-order chi connectivity index (χ1) is 3.91. The summed E-state index contributed by atoms with van der Waals surface area (Å²) in [6.45, 7) is 3.93. The van der Waals surface area contributed by atoms with Gasteiger partial charge in [-0.3, -0.25) is 0 Å². The molecule has 0 spiro atoms. The largest absolute Gasteiger partial charge is 0.381 e. The minimum Gasteiger partial charge on any atom is -0.381 e. The first-order valence-electron chi connectivity index (χ1n) is 3.05. The molecular formula is C6H13BrO. The number of hydrogen-bond donors (Lipinski definition) is 0. The zero-order chi connectivity index (χ0) is 6.24. The quantitative estimate of drug-likeness (QED) is 0.466. The number of halogens is 1. The van der Waals surface area contributed by atoms with Crippen molar-refractivity contribution in [3.8, 4) is 0 Å². The van der Waals surface area contributed by atoms with Crippen LogP contribution in [0, 0.1) is 0 Å². The number of unbranched alkanes of at least 4 members (excludes halogenated alkanes) is 1. The van der Waals surface area contributed by atoms with Crippen molar-refractivity contribution in [1.82, 2.24) is 0 Å². The molecule has 0 aromatic carbocycles.